The Bertz CT molecular complexity index is 1280. The predicted octanol–water partition coefficient (Wildman–Crippen LogP) is 2.81. The van der Waals surface area contributed by atoms with E-state index in [0.29, 0.717) is 60.6 Å². The average Bonchev–Trinajstić information content (AvgIpc) is 2.94. The number of benzene rings is 1. The molecule has 0 saturated carbocycles. The zero-order chi connectivity index (χ0) is 29.4. The van der Waals surface area contributed by atoms with Gasteiger partial charge in [0.05, 0.1) is 43.7 Å². The summed E-state index contributed by atoms with van der Waals surface area (Å²) >= 11 is 0. The molecule has 13 heteroatoms. The molecule has 0 aliphatic carbocycles. The predicted molar refractivity (Wildman–Crippen MR) is 146 cm³/mol. The van der Waals surface area contributed by atoms with E-state index in [1.54, 1.807) is 24.4 Å². The van der Waals surface area contributed by atoms with E-state index in [-0.39, 0.29) is 19.2 Å². The lowest BCUT2D eigenvalue weighted by Gasteiger charge is -2.38. The number of carbonyl (C=O) groups excluding carboxylic acids is 2. The summed E-state index contributed by atoms with van der Waals surface area (Å²) in [6.07, 6.45) is -0.606. The second-order valence-electron chi connectivity index (χ2n) is 9.12. The topological polar surface area (TPSA) is 147 Å². The Kier molecular flexibility index (Phi) is 10.1. The second-order valence-corrected chi connectivity index (χ2v) is 9.12. The number of carbonyl (C=O) groups is 2. The van der Waals surface area contributed by atoms with E-state index in [9.17, 15) is 27.9 Å². The first kappa shape index (κ1) is 30.4. The van der Waals surface area contributed by atoms with Crippen molar-refractivity contribution in [3.63, 3.8) is 0 Å². The van der Waals surface area contributed by atoms with Gasteiger partial charge < -0.3 is 31.5 Å². The monoisotopic (exact) mass is 562 g/mol. The number of amides is 2. The fraction of sp³-hybridized carbons (Fsp3) is 0.370. The Morgan fingerprint density at radius 2 is 2.10 bits per heavy atom. The molecular weight excluding hydrogens is 529 g/mol. The van der Waals surface area contributed by atoms with Gasteiger partial charge in [0.1, 0.15) is 5.70 Å². The number of halogens is 3. The van der Waals surface area contributed by atoms with Gasteiger partial charge in [0.15, 0.2) is 5.82 Å². The van der Waals surface area contributed by atoms with Crippen LogP contribution in [-0.2, 0) is 14.3 Å². The standard InChI is InChI=1S/C27H33F3N6O4/c1-3-21-15-40-9-7-36(21)23-10-19(14-33-25(23)35(16-38)6-8-37)22-12-20(5-4-17(22)2)34-26(39)18(13-31)11-24(32)27(28,29)30/h4-5,10-14,16,21,37H,3,6-9,15,31-32H2,1-2H3,(H,34,39)/b18-13+,24-11-. The van der Waals surface area contributed by atoms with Crippen molar-refractivity contribution >= 4 is 29.5 Å². The van der Waals surface area contributed by atoms with Gasteiger partial charge in [-0.15, -0.1) is 0 Å². The van der Waals surface area contributed by atoms with E-state index in [1.165, 1.54) is 4.90 Å². The number of hydrogen-bond acceptors (Lipinski definition) is 8. The van der Waals surface area contributed by atoms with Gasteiger partial charge in [-0.2, -0.15) is 13.2 Å². The molecule has 1 atom stereocenters. The molecule has 1 aromatic heterocycles. The molecule has 0 spiro atoms. The van der Waals surface area contributed by atoms with Gasteiger partial charge in [0.2, 0.25) is 6.41 Å². The fourth-order valence-electron chi connectivity index (χ4n) is 4.31. The van der Waals surface area contributed by atoms with Crippen molar-refractivity contribution < 1.29 is 32.6 Å². The van der Waals surface area contributed by atoms with E-state index in [1.807, 2.05) is 19.9 Å². The molecule has 6 N–H and O–H groups in total. The number of nitrogens with two attached hydrogens (primary N) is 2. The summed E-state index contributed by atoms with van der Waals surface area (Å²) in [4.78, 5) is 32.6. The van der Waals surface area contributed by atoms with Crippen LogP contribution in [0.15, 0.2) is 54.0 Å². The molecule has 10 nitrogen and oxygen atoms in total. The number of aliphatic hydroxyl groups excluding tert-OH is 1. The number of pyridine rings is 1. The molecule has 216 valence electrons. The lowest BCUT2D eigenvalue weighted by Crippen LogP contribution is -2.46. The van der Waals surface area contributed by atoms with Crippen LogP contribution in [0.4, 0.5) is 30.4 Å². The molecule has 40 heavy (non-hydrogen) atoms. The minimum absolute atomic E-state index is 0.0394. The van der Waals surface area contributed by atoms with Crippen LogP contribution >= 0.6 is 0 Å². The second kappa shape index (κ2) is 13.3. The van der Waals surface area contributed by atoms with Crippen molar-refractivity contribution in [2.75, 3.05) is 48.0 Å². The maximum atomic E-state index is 12.8. The summed E-state index contributed by atoms with van der Waals surface area (Å²) in [5.41, 5.74) is 11.7. The van der Waals surface area contributed by atoms with Gasteiger partial charge in [-0.25, -0.2) is 4.98 Å². The first-order valence-electron chi connectivity index (χ1n) is 12.6. The number of morpholine rings is 1. The lowest BCUT2D eigenvalue weighted by atomic mass is 10.00. The van der Waals surface area contributed by atoms with Crippen LogP contribution in [0.25, 0.3) is 11.1 Å². The molecule has 0 bridgehead atoms. The first-order chi connectivity index (χ1) is 19.0. The largest absolute Gasteiger partial charge is 0.430 e. The summed E-state index contributed by atoms with van der Waals surface area (Å²) < 4.78 is 44.1. The highest BCUT2D eigenvalue weighted by molar-refractivity contribution is 6.06. The normalized spacial score (nSPS) is 16.6. The van der Waals surface area contributed by atoms with Gasteiger partial charge in [-0.3, -0.25) is 14.5 Å². The van der Waals surface area contributed by atoms with Crippen LogP contribution in [-0.4, -0.2) is 67.5 Å². The Labute approximate surface area is 230 Å². The summed E-state index contributed by atoms with van der Waals surface area (Å²) in [5.74, 6) is -0.481. The van der Waals surface area contributed by atoms with Gasteiger partial charge in [0, 0.05) is 30.2 Å². The Balaban J connectivity index is 2.02. The molecule has 2 amide bonds. The van der Waals surface area contributed by atoms with Crippen LogP contribution in [0.1, 0.15) is 18.9 Å². The quantitative estimate of drug-likeness (QED) is 0.196. The average molecular weight is 563 g/mol. The molecular formula is C27H33F3N6O4. The maximum absolute atomic E-state index is 12.8. The Hall–Kier alpha value is -4.10. The molecule has 1 aliphatic rings. The van der Waals surface area contributed by atoms with Crippen molar-refractivity contribution in [1.29, 1.82) is 0 Å². The van der Waals surface area contributed by atoms with Gasteiger partial charge in [-0.05, 0) is 48.7 Å². The number of rotatable bonds is 10. The van der Waals surface area contributed by atoms with Crippen LogP contribution < -0.4 is 26.6 Å². The van der Waals surface area contributed by atoms with Crippen molar-refractivity contribution in [2.45, 2.75) is 32.5 Å². The molecule has 1 aliphatic heterocycles. The molecule has 1 fully saturated rings. The number of aliphatic hydroxyl groups is 1. The third kappa shape index (κ3) is 7.10. The first-order valence-corrected chi connectivity index (χ1v) is 12.6. The van der Waals surface area contributed by atoms with E-state index in [4.69, 9.17) is 16.2 Å². The van der Waals surface area contributed by atoms with Gasteiger partial charge >= 0.3 is 6.18 Å². The number of alkyl halides is 3. The van der Waals surface area contributed by atoms with Gasteiger partial charge in [-0.1, -0.05) is 13.0 Å². The molecule has 0 radical (unpaired) electrons. The summed E-state index contributed by atoms with van der Waals surface area (Å²) in [6, 6.07) is 6.94. The zero-order valence-electron chi connectivity index (χ0n) is 22.2. The number of nitrogens with one attached hydrogen (secondary N) is 1. The van der Waals surface area contributed by atoms with Crippen molar-refractivity contribution in [3.05, 3.63) is 59.6 Å². The highest BCUT2D eigenvalue weighted by Crippen LogP contribution is 2.36. The highest BCUT2D eigenvalue weighted by atomic mass is 19.4. The summed E-state index contributed by atoms with van der Waals surface area (Å²) in [6.45, 7) is 5.28. The molecule has 1 aromatic carbocycles. The number of anilines is 3. The molecule has 3 rings (SSSR count). The van der Waals surface area contributed by atoms with Crippen LogP contribution in [0.2, 0.25) is 0 Å². The van der Waals surface area contributed by atoms with Crippen LogP contribution in [0.5, 0.6) is 0 Å². The minimum atomic E-state index is -4.81. The minimum Gasteiger partial charge on any atom is -0.404 e. The Morgan fingerprint density at radius 1 is 1.35 bits per heavy atom. The number of ether oxygens (including phenoxy) is 1. The van der Waals surface area contributed by atoms with Gasteiger partial charge in [0.25, 0.3) is 5.91 Å². The summed E-state index contributed by atoms with van der Waals surface area (Å²) in [7, 11) is 0. The highest BCUT2D eigenvalue weighted by Gasteiger charge is 2.32. The van der Waals surface area contributed by atoms with Crippen molar-refractivity contribution in [3.8, 4) is 11.1 Å². The van der Waals surface area contributed by atoms with E-state index in [0.717, 1.165) is 18.2 Å². The molecule has 1 saturated heterocycles. The lowest BCUT2D eigenvalue weighted by molar-refractivity contribution is -0.112. The summed E-state index contributed by atoms with van der Waals surface area (Å²) in [5, 5.41) is 12.0. The Morgan fingerprint density at radius 3 is 2.73 bits per heavy atom. The van der Waals surface area contributed by atoms with Crippen molar-refractivity contribution in [2.24, 2.45) is 11.5 Å². The number of allylic oxidation sites excluding steroid dienone is 1. The number of aromatic nitrogens is 1. The fourth-order valence-corrected chi connectivity index (χ4v) is 4.31. The molecule has 2 heterocycles. The van der Waals surface area contributed by atoms with E-state index >= 15 is 0 Å². The van der Waals surface area contributed by atoms with Crippen molar-refractivity contribution in [1.82, 2.24) is 4.98 Å². The van der Waals surface area contributed by atoms with Crippen LogP contribution in [0.3, 0.4) is 0 Å². The number of aryl methyl sites for hydroxylation is 1. The SMILES string of the molecule is CCC1COCCN1c1cc(-c2cc(NC(=O)C(/C=C(\N)C(F)(F)F)=C/N)ccc2C)cnc1N(C=O)CCO. The third-order valence-electron chi connectivity index (χ3n) is 6.48. The van der Waals surface area contributed by atoms with E-state index in [2.05, 4.69) is 15.2 Å². The maximum Gasteiger partial charge on any atom is 0.430 e. The number of nitrogens with zero attached hydrogens (tertiary/aromatic N) is 3. The number of hydrogen-bond donors (Lipinski definition) is 4. The zero-order valence-corrected chi connectivity index (χ0v) is 22.2. The molecule has 1 unspecified atom stereocenters. The third-order valence-corrected chi connectivity index (χ3v) is 6.48. The smallest absolute Gasteiger partial charge is 0.404 e. The van der Waals surface area contributed by atoms with E-state index < -0.39 is 23.4 Å². The molecule has 2 aromatic rings. The van der Waals surface area contributed by atoms with Crippen LogP contribution in [0, 0.1) is 6.92 Å².